The average Bonchev–Trinajstić information content (AvgIpc) is 3.38. The highest BCUT2D eigenvalue weighted by atomic mass is 32.1. The van der Waals surface area contributed by atoms with Gasteiger partial charge in [-0.05, 0) is 35.6 Å². The highest BCUT2D eigenvalue weighted by Gasteiger charge is 2.19. The number of tetrazole rings is 1. The number of carbonyl (C=O) groups is 3. The maximum Gasteiger partial charge on any atom is 0.330 e. The molecule has 0 spiro atoms. The average molecular weight is 413 g/mol. The fourth-order valence-electron chi connectivity index (χ4n) is 2.51. The Morgan fingerprint density at radius 2 is 2.00 bits per heavy atom. The van der Waals surface area contributed by atoms with Gasteiger partial charge in [0.25, 0.3) is 5.91 Å². The second-order valence-corrected chi connectivity index (χ2v) is 7.02. The van der Waals surface area contributed by atoms with Gasteiger partial charge in [0, 0.05) is 10.9 Å². The van der Waals surface area contributed by atoms with Gasteiger partial charge in [-0.1, -0.05) is 30.3 Å². The van der Waals surface area contributed by atoms with Crippen molar-refractivity contribution in [3.8, 4) is 11.4 Å². The molecule has 0 radical (unpaired) electrons. The van der Waals surface area contributed by atoms with E-state index in [9.17, 15) is 14.4 Å². The molecule has 1 aromatic carbocycles. The van der Waals surface area contributed by atoms with Crippen LogP contribution >= 0.6 is 11.3 Å². The number of carbonyl (C=O) groups excluding carboxylic acids is 3. The molecule has 0 fully saturated rings. The van der Waals surface area contributed by atoms with E-state index in [2.05, 4.69) is 20.7 Å². The largest absolute Gasteiger partial charge is 0.454 e. The van der Waals surface area contributed by atoms with Gasteiger partial charge in [0.05, 0.1) is 6.04 Å². The van der Waals surface area contributed by atoms with Crippen LogP contribution in [0.3, 0.4) is 0 Å². The number of ether oxygens (including phenoxy) is 1. The number of aromatic nitrogens is 4. The highest BCUT2D eigenvalue weighted by Crippen LogP contribution is 2.16. The van der Waals surface area contributed by atoms with Crippen LogP contribution in [-0.2, 0) is 32.1 Å². The predicted molar refractivity (Wildman–Crippen MR) is 105 cm³/mol. The number of nitrogens with zero attached hydrogens (tertiary/aromatic N) is 4. The highest BCUT2D eigenvalue weighted by molar-refractivity contribution is 7.08. The molecule has 29 heavy (non-hydrogen) atoms. The summed E-state index contributed by atoms with van der Waals surface area (Å²) in [6.07, 6.45) is 0.365. The molecule has 3 rings (SSSR count). The molecule has 9 nitrogen and oxygen atoms in total. The molecule has 0 saturated heterocycles. The monoisotopic (exact) mass is 413 g/mol. The minimum atomic E-state index is -0.686. The molecule has 0 saturated carbocycles. The maximum absolute atomic E-state index is 12.1. The molecular formula is C19H19N5O4S. The Labute approximate surface area is 170 Å². The first kappa shape index (κ1) is 20.3. The molecule has 2 aromatic heterocycles. The van der Waals surface area contributed by atoms with E-state index < -0.39 is 24.5 Å². The zero-order valence-corrected chi connectivity index (χ0v) is 16.5. The van der Waals surface area contributed by atoms with Gasteiger partial charge >= 0.3 is 5.97 Å². The molecule has 0 aliphatic carbocycles. The van der Waals surface area contributed by atoms with Crippen molar-refractivity contribution in [1.29, 1.82) is 0 Å². The maximum atomic E-state index is 12.1. The van der Waals surface area contributed by atoms with Crippen molar-refractivity contribution in [3.63, 3.8) is 0 Å². The van der Waals surface area contributed by atoms with E-state index in [4.69, 9.17) is 4.74 Å². The Kier molecular flexibility index (Phi) is 6.80. The normalized spacial score (nSPS) is 11.6. The van der Waals surface area contributed by atoms with E-state index >= 15 is 0 Å². The van der Waals surface area contributed by atoms with Gasteiger partial charge in [-0.25, -0.2) is 4.79 Å². The fraction of sp³-hybridized carbons (Fsp3) is 0.263. The molecule has 10 heteroatoms. The number of nitrogens with one attached hydrogen (secondary N) is 1. The first-order valence-electron chi connectivity index (χ1n) is 8.81. The van der Waals surface area contributed by atoms with Gasteiger partial charge in [0.1, 0.15) is 0 Å². The van der Waals surface area contributed by atoms with Crippen molar-refractivity contribution < 1.29 is 19.1 Å². The van der Waals surface area contributed by atoms with Crippen LogP contribution in [0.25, 0.3) is 11.4 Å². The summed E-state index contributed by atoms with van der Waals surface area (Å²) in [5.41, 5.74) is 1.73. The summed E-state index contributed by atoms with van der Waals surface area (Å²) in [5, 5.41) is 18.1. The molecule has 0 aliphatic rings. The number of hydrogen-bond acceptors (Lipinski definition) is 8. The Bertz CT molecular complexity index is 972. The summed E-state index contributed by atoms with van der Waals surface area (Å²) in [4.78, 5) is 36.9. The van der Waals surface area contributed by atoms with Crippen LogP contribution in [0.4, 0.5) is 0 Å². The number of amides is 1. The molecular weight excluding hydrogens is 394 g/mol. The molecule has 0 bridgehead atoms. The Morgan fingerprint density at radius 1 is 1.21 bits per heavy atom. The number of thiophene rings is 1. The zero-order valence-electron chi connectivity index (χ0n) is 15.6. The summed E-state index contributed by atoms with van der Waals surface area (Å²) >= 11 is 1.50. The first-order chi connectivity index (χ1) is 14.0. The second-order valence-electron chi connectivity index (χ2n) is 6.24. The van der Waals surface area contributed by atoms with Crippen LogP contribution in [0.15, 0.2) is 47.2 Å². The van der Waals surface area contributed by atoms with E-state index in [0.29, 0.717) is 12.2 Å². The zero-order chi connectivity index (χ0) is 20.6. The van der Waals surface area contributed by atoms with Gasteiger partial charge in [0.2, 0.25) is 5.82 Å². The molecule has 0 unspecified atom stereocenters. The molecule has 1 atom stereocenters. The van der Waals surface area contributed by atoms with Gasteiger partial charge in [-0.15, -0.1) is 10.2 Å². The lowest BCUT2D eigenvalue weighted by molar-refractivity contribution is -0.149. The molecule has 0 aliphatic heterocycles. The minimum Gasteiger partial charge on any atom is -0.454 e. The number of rotatable bonds is 9. The van der Waals surface area contributed by atoms with Crippen LogP contribution in [0, 0.1) is 0 Å². The van der Waals surface area contributed by atoms with Crippen LogP contribution in [-0.4, -0.2) is 50.5 Å². The third-order valence-corrected chi connectivity index (χ3v) is 4.66. The van der Waals surface area contributed by atoms with Crippen LogP contribution < -0.4 is 5.32 Å². The first-order valence-corrected chi connectivity index (χ1v) is 9.75. The minimum absolute atomic E-state index is 0.179. The molecule has 150 valence electrons. The number of ketones is 1. The number of esters is 1. The van der Waals surface area contributed by atoms with Crippen molar-refractivity contribution in [2.24, 2.45) is 0 Å². The lowest BCUT2D eigenvalue weighted by Gasteiger charge is -2.16. The summed E-state index contributed by atoms with van der Waals surface area (Å²) in [7, 11) is 0. The van der Waals surface area contributed by atoms with E-state index in [1.54, 1.807) is 0 Å². The number of Topliss-reactive ketones (excluding diaryl/α,β-unsaturated/α-hetero) is 1. The Morgan fingerprint density at radius 3 is 2.69 bits per heavy atom. The fourth-order valence-corrected chi connectivity index (χ4v) is 3.14. The van der Waals surface area contributed by atoms with E-state index in [1.807, 2.05) is 47.2 Å². The van der Waals surface area contributed by atoms with Gasteiger partial charge in [-0.3, -0.25) is 9.59 Å². The summed E-state index contributed by atoms with van der Waals surface area (Å²) < 4.78 is 4.95. The van der Waals surface area contributed by atoms with E-state index in [1.165, 1.54) is 18.3 Å². The Balaban J connectivity index is 1.46. The number of hydrogen-bond donors (Lipinski definition) is 1. The van der Waals surface area contributed by atoms with Gasteiger partial charge in [0.15, 0.2) is 18.9 Å². The lowest BCUT2D eigenvalue weighted by atomic mass is 10.0. The van der Waals surface area contributed by atoms with Crippen molar-refractivity contribution in [2.75, 3.05) is 6.61 Å². The van der Waals surface area contributed by atoms with Crippen LogP contribution in [0.2, 0.25) is 0 Å². The predicted octanol–water partition coefficient (Wildman–Crippen LogP) is 1.26. The summed E-state index contributed by atoms with van der Waals surface area (Å²) in [6, 6.07) is 10.5. The smallest absolute Gasteiger partial charge is 0.330 e. The van der Waals surface area contributed by atoms with Gasteiger partial charge < -0.3 is 10.1 Å². The van der Waals surface area contributed by atoms with Gasteiger partial charge in [-0.2, -0.15) is 16.1 Å². The van der Waals surface area contributed by atoms with E-state index in [0.717, 1.165) is 15.9 Å². The summed E-state index contributed by atoms with van der Waals surface area (Å²) in [6.45, 7) is 0.634. The van der Waals surface area contributed by atoms with Crippen molar-refractivity contribution in [2.45, 2.75) is 25.9 Å². The van der Waals surface area contributed by atoms with Crippen molar-refractivity contribution in [1.82, 2.24) is 25.5 Å². The van der Waals surface area contributed by atoms with E-state index in [-0.39, 0.29) is 12.3 Å². The molecule has 1 N–H and O–H groups in total. The quantitative estimate of drug-likeness (QED) is 0.525. The third kappa shape index (κ3) is 6.04. The molecule has 2 heterocycles. The lowest BCUT2D eigenvalue weighted by Crippen LogP contribution is -2.43. The van der Waals surface area contributed by atoms with Crippen molar-refractivity contribution >= 4 is 29.0 Å². The SMILES string of the molecule is CC(=O)[C@H](Cc1ccccc1)NC(=O)COC(=O)Cn1nnc(-c2ccsc2)n1. The Hall–Kier alpha value is -3.40. The number of benzene rings is 1. The topological polar surface area (TPSA) is 116 Å². The van der Waals surface area contributed by atoms with Crippen molar-refractivity contribution in [3.05, 3.63) is 52.7 Å². The van der Waals surface area contributed by atoms with Crippen LogP contribution in [0.1, 0.15) is 12.5 Å². The summed E-state index contributed by atoms with van der Waals surface area (Å²) in [5.74, 6) is -1.01. The standard InChI is InChI=1S/C19H19N5O4S/c1-13(25)16(9-14-5-3-2-4-6-14)20-17(26)11-28-18(27)10-24-22-19(21-23-24)15-7-8-29-12-15/h2-8,12,16H,9-11H2,1H3,(H,20,26)/t16-/m0/s1. The van der Waals surface area contributed by atoms with Crippen LogP contribution in [0.5, 0.6) is 0 Å². The molecule has 1 amide bonds. The second kappa shape index (κ2) is 9.69. The molecule has 3 aromatic rings. The third-order valence-electron chi connectivity index (χ3n) is 3.98.